The van der Waals surface area contributed by atoms with Gasteiger partial charge in [-0.05, 0) is 54.9 Å². The Balaban J connectivity index is 1.86. The quantitative estimate of drug-likeness (QED) is 0.499. The third-order valence-electron chi connectivity index (χ3n) is 2.67. The summed E-state index contributed by atoms with van der Waals surface area (Å²) in [6, 6.07) is 7.59. The predicted molar refractivity (Wildman–Crippen MR) is 78.2 cm³/mol. The van der Waals surface area contributed by atoms with E-state index in [1.54, 1.807) is 6.21 Å². The van der Waals surface area contributed by atoms with Crippen molar-refractivity contribution in [2.24, 2.45) is 10.8 Å². The lowest BCUT2D eigenvalue weighted by Crippen LogP contribution is -2.25. The third-order valence-corrected chi connectivity index (χ3v) is 2.77. The maximum atomic E-state index is 5.73. The fourth-order valence-corrected chi connectivity index (χ4v) is 1.81. The van der Waals surface area contributed by atoms with E-state index in [0.717, 1.165) is 37.2 Å². The minimum Gasteiger partial charge on any atom is -0.465 e. The van der Waals surface area contributed by atoms with E-state index in [9.17, 15) is 0 Å². The molecule has 1 heterocycles. The summed E-state index contributed by atoms with van der Waals surface area (Å²) >= 11 is 4.64. The van der Waals surface area contributed by atoms with Crippen molar-refractivity contribution in [3.05, 3.63) is 29.8 Å². The molecule has 1 aliphatic rings. The Morgan fingerprint density at radius 1 is 1.42 bits per heavy atom. The maximum absolute atomic E-state index is 5.73. The highest BCUT2D eigenvalue weighted by molar-refractivity contribution is 7.80. The largest absolute Gasteiger partial charge is 0.465 e. The number of ether oxygens (including phenoxy) is 2. The molecule has 1 atom stereocenters. The molecule has 0 saturated carbocycles. The Morgan fingerprint density at radius 3 is 2.84 bits per heavy atom. The molecule has 19 heavy (non-hydrogen) atoms. The Kier molecular flexibility index (Phi) is 5.11. The van der Waals surface area contributed by atoms with E-state index in [1.807, 2.05) is 24.3 Å². The first-order chi connectivity index (χ1) is 9.24. The number of nitrogens with one attached hydrogen (secondary N) is 1. The number of thiocarbonyl (C=S) groups is 1. The summed E-state index contributed by atoms with van der Waals surface area (Å²) in [5.74, 6) is 0.798. The van der Waals surface area contributed by atoms with Gasteiger partial charge in [-0.1, -0.05) is 0 Å². The van der Waals surface area contributed by atoms with E-state index >= 15 is 0 Å². The van der Waals surface area contributed by atoms with Gasteiger partial charge in [0.2, 0.25) is 0 Å². The molecule has 0 aromatic heterocycles. The second-order valence-electron chi connectivity index (χ2n) is 4.22. The van der Waals surface area contributed by atoms with Crippen molar-refractivity contribution in [2.75, 3.05) is 6.61 Å². The molecule has 2 rings (SSSR count). The minimum atomic E-state index is -0.121. The van der Waals surface area contributed by atoms with Crippen molar-refractivity contribution in [3.63, 3.8) is 0 Å². The van der Waals surface area contributed by atoms with Gasteiger partial charge in [0.25, 0.3) is 0 Å². The van der Waals surface area contributed by atoms with Crippen molar-refractivity contribution in [1.29, 1.82) is 0 Å². The molecule has 1 fully saturated rings. The standard InChI is InChI=1S/C13H17N3O2S/c14-13(19)16-15-9-10-4-6-11(7-5-10)18-12-3-1-2-8-17-12/h4-7,9,12H,1-3,8H2,(H3,14,16,19). The van der Waals surface area contributed by atoms with E-state index in [1.165, 1.54) is 0 Å². The molecule has 1 saturated heterocycles. The molecule has 1 aromatic carbocycles. The average molecular weight is 279 g/mol. The van der Waals surface area contributed by atoms with Crippen LogP contribution in [0.4, 0.5) is 0 Å². The highest BCUT2D eigenvalue weighted by Crippen LogP contribution is 2.19. The molecular formula is C13H17N3O2S. The van der Waals surface area contributed by atoms with Gasteiger partial charge >= 0.3 is 0 Å². The zero-order valence-corrected chi connectivity index (χ0v) is 11.4. The van der Waals surface area contributed by atoms with Gasteiger partial charge in [-0.25, -0.2) is 0 Å². The second kappa shape index (κ2) is 7.06. The SMILES string of the molecule is NC(=S)NN=Cc1ccc(OC2CCCCO2)cc1. The summed E-state index contributed by atoms with van der Waals surface area (Å²) in [4.78, 5) is 0. The van der Waals surface area contributed by atoms with E-state index in [0.29, 0.717) is 0 Å². The Bertz CT molecular complexity index is 442. The van der Waals surface area contributed by atoms with Crippen LogP contribution >= 0.6 is 12.2 Å². The monoisotopic (exact) mass is 279 g/mol. The average Bonchev–Trinajstić information content (AvgIpc) is 2.42. The molecule has 0 spiro atoms. The fraction of sp³-hybridized carbons (Fsp3) is 0.385. The van der Waals surface area contributed by atoms with Crippen molar-refractivity contribution in [3.8, 4) is 5.75 Å². The molecule has 5 nitrogen and oxygen atoms in total. The number of benzene rings is 1. The number of hydrazone groups is 1. The van der Waals surface area contributed by atoms with Crippen LogP contribution in [0.3, 0.4) is 0 Å². The molecule has 0 radical (unpaired) electrons. The first-order valence-electron chi connectivity index (χ1n) is 6.21. The van der Waals surface area contributed by atoms with Crippen LogP contribution in [-0.4, -0.2) is 24.2 Å². The maximum Gasteiger partial charge on any atom is 0.199 e. The number of hydrogen-bond acceptors (Lipinski definition) is 4. The van der Waals surface area contributed by atoms with Gasteiger partial charge < -0.3 is 15.2 Å². The molecule has 0 amide bonds. The first-order valence-corrected chi connectivity index (χ1v) is 6.62. The summed E-state index contributed by atoms with van der Waals surface area (Å²) in [6.45, 7) is 0.778. The lowest BCUT2D eigenvalue weighted by molar-refractivity contribution is -0.105. The number of nitrogens with zero attached hydrogens (tertiary/aromatic N) is 1. The highest BCUT2D eigenvalue weighted by atomic mass is 32.1. The predicted octanol–water partition coefficient (Wildman–Crippen LogP) is 1.76. The molecule has 1 unspecified atom stereocenters. The summed E-state index contributed by atoms with van der Waals surface area (Å²) in [5, 5.41) is 4.02. The molecule has 3 N–H and O–H groups in total. The van der Waals surface area contributed by atoms with Crippen LogP contribution in [0, 0.1) is 0 Å². The molecule has 0 aliphatic carbocycles. The molecule has 0 bridgehead atoms. The normalized spacial score (nSPS) is 19.3. The highest BCUT2D eigenvalue weighted by Gasteiger charge is 2.14. The summed E-state index contributed by atoms with van der Waals surface area (Å²) in [5.41, 5.74) is 8.69. The van der Waals surface area contributed by atoms with Gasteiger partial charge in [-0.15, -0.1) is 0 Å². The van der Waals surface area contributed by atoms with E-state index in [-0.39, 0.29) is 11.4 Å². The Labute approximate surface area is 117 Å². The van der Waals surface area contributed by atoms with Crippen molar-refractivity contribution < 1.29 is 9.47 Å². The van der Waals surface area contributed by atoms with Crippen LogP contribution in [0.25, 0.3) is 0 Å². The van der Waals surface area contributed by atoms with Crippen LogP contribution < -0.4 is 15.9 Å². The zero-order chi connectivity index (χ0) is 13.5. The Morgan fingerprint density at radius 2 is 2.21 bits per heavy atom. The number of rotatable bonds is 4. The van der Waals surface area contributed by atoms with Crippen LogP contribution in [0.15, 0.2) is 29.4 Å². The summed E-state index contributed by atoms with van der Waals surface area (Å²) < 4.78 is 11.2. The smallest absolute Gasteiger partial charge is 0.199 e. The van der Waals surface area contributed by atoms with Gasteiger partial charge in [-0.3, -0.25) is 5.43 Å². The Hall–Kier alpha value is -1.66. The summed E-state index contributed by atoms with van der Waals surface area (Å²) in [6.07, 6.45) is 4.73. The third kappa shape index (κ3) is 4.84. The van der Waals surface area contributed by atoms with Crippen molar-refractivity contribution in [2.45, 2.75) is 25.6 Å². The zero-order valence-electron chi connectivity index (χ0n) is 10.5. The molecule has 6 heteroatoms. The number of nitrogens with two attached hydrogens (primary N) is 1. The van der Waals surface area contributed by atoms with Crippen LogP contribution in [0.5, 0.6) is 5.75 Å². The van der Waals surface area contributed by atoms with Crippen molar-refractivity contribution >= 4 is 23.5 Å². The van der Waals surface area contributed by atoms with Crippen LogP contribution in [0.1, 0.15) is 24.8 Å². The minimum absolute atomic E-state index is 0.121. The van der Waals surface area contributed by atoms with E-state index < -0.39 is 0 Å². The fourth-order valence-electron chi connectivity index (χ4n) is 1.76. The molecule has 102 valence electrons. The van der Waals surface area contributed by atoms with Gasteiger partial charge in [0.1, 0.15) is 5.75 Å². The van der Waals surface area contributed by atoms with Gasteiger partial charge in [0.05, 0.1) is 12.8 Å². The van der Waals surface area contributed by atoms with Crippen molar-refractivity contribution in [1.82, 2.24) is 5.43 Å². The van der Waals surface area contributed by atoms with E-state index in [4.69, 9.17) is 15.2 Å². The summed E-state index contributed by atoms with van der Waals surface area (Å²) in [7, 11) is 0. The topological polar surface area (TPSA) is 68.9 Å². The molecule has 1 aliphatic heterocycles. The molecule has 1 aromatic rings. The molecular weight excluding hydrogens is 262 g/mol. The van der Waals surface area contributed by atoms with Gasteiger partial charge in [0, 0.05) is 6.42 Å². The van der Waals surface area contributed by atoms with Crippen LogP contribution in [0.2, 0.25) is 0 Å². The lowest BCUT2D eigenvalue weighted by atomic mass is 10.2. The lowest BCUT2D eigenvalue weighted by Gasteiger charge is -2.23. The van der Waals surface area contributed by atoms with Crippen LogP contribution in [-0.2, 0) is 4.74 Å². The van der Waals surface area contributed by atoms with E-state index in [2.05, 4.69) is 22.7 Å². The van der Waals surface area contributed by atoms with Gasteiger partial charge in [-0.2, -0.15) is 5.10 Å². The second-order valence-corrected chi connectivity index (χ2v) is 4.66. The number of hydrogen-bond donors (Lipinski definition) is 2. The first kappa shape index (κ1) is 13.8. The van der Waals surface area contributed by atoms with Gasteiger partial charge in [0.15, 0.2) is 11.4 Å².